The highest BCUT2D eigenvalue weighted by Crippen LogP contribution is 2.34. The molecule has 9 heteroatoms. The summed E-state index contributed by atoms with van der Waals surface area (Å²) in [5.74, 6) is 0.805. The molecule has 0 bridgehead atoms. The summed E-state index contributed by atoms with van der Waals surface area (Å²) in [5.41, 5.74) is 8.11. The molecule has 0 aliphatic rings. The van der Waals surface area contributed by atoms with Gasteiger partial charge in [-0.05, 0) is 18.1 Å². The highest BCUT2D eigenvalue weighted by atomic mass is 31.2. The minimum atomic E-state index is -4.10. The molecule has 4 N–H and O–H groups in total. The van der Waals surface area contributed by atoms with Gasteiger partial charge >= 0.3 is 7.60 Å². The Bertz CT molecular complexity index is 949. The number of nitrogens with two attached hydrogens (primary N) is 1. The molecular formula is C16H18N5O3P. The molecule has 0 aliphatic heterocycles. The van der Waals surface area contributed by atoms with Crippen LogP contribution < -0.4 is 5.73 Å². The average Bonchev–Trinajstić information content (AvgIpc) is 2.92. The zero-order valence-corrected chi connectivity index (χ0v) is 14.3. The summed E-state index contributed by atoms with van der Waals surface area (Å²) in [4.78, 5) is 30.6. The standard InChI is InChI=1S/C16H18N5O3P/c17-15-14-16(19-11-18-15)21(9-8-12-5-2-1-3-6-12)13(20-14)7-4-10-25(22,23)24/h1-7,11H,8-10H2,(H2,17,18,19)(H2,22,23,24)/b7-4+. The molecule has 2 aromatic heterocycles. The Morgan fingerprint density at radius 1 is 1.20 bits per heavy atom. The number of allylic oxidation sites excluding steroid dienone is 1. The van der Waals surface area contributed by atoms with Crippen LogP contribution in [-0.2, 0) is 17.5 Å². The van der Waals surface area contributed by atoms with Crippen molar-refractivity contribution in [3.8, 4) is 0 Å². The van der Waals surface area contributed by atoms with Crippen molar-refractivity contribution in [1.29, 1.82) is 0 Å². The van der Waals surface area contributed by atoms with E-state index in [0.717, 1.165) is 12.0 Å². The lowest BCUT2D eigenvalue weighted by molar-refractivity contribution is 0.377. The first-order chi connectivity index (χ1) is 11.9. The molecule has 3 aromatic rings. The quantitative estimate of drug-likeness (QED) is 0.573. The lowest BCUT2D eigenvalue weighted by Gasteiger charge is -2.07. The Kier molecular flexibility index (Phi) is 4.94. The first-order valence-electron chi connectivity index (χ1n) is 7.66. The molecule has 0 radical (unpaired) electrons. The Balaban J connectivity index is 1.94. The van der Waals surface area contributed by atoms with Crippen molar-refractivity contribution < 1.29 is 14.4 Å². The van der Waals surface area contributed by atoms with E-state index >= 15 is 0 Å². The molecule has 0 saturated heterocycles. The van der Waals surface area contributed by atoms with E-state index in [1.165, 1.54) is 12.4 Å². The van der Waals surface area contributed by atoms with E-state index in [0.29, 0.717) is 23.5 Å². The van der Waals surface area contributed by atoms with Crippen molar-refractivity contribution in [3.05, 3.63) is 54.1 Å². The summed E-state index contributed by atoms with van der Waals surface area (Å²) in [6.07, 6.45) is 4.77. The highest BCUT2D eigenvalue weighted by molar-refractivity contribution is 7.51. The number of aromatic nitrogens is 4. The highest BCUT2D eigenvalue weighted by Gasteiger charge is 2.14. The van der Waals surface area contributed by atoms with Crippen LogP contribution in [0.25, 0.3) is 17.2 Å². The van der Waals surface area contributed by atoms with Gasteiger partial charge in [0.05, 0.1) is 6.16 Å². The number of aryl methyl sites for hydroxylation is 2. The number of benzene rings is 1. The van der Waals surface area contributed by atoms with Gasteiger partial charge in [-0.25, -0.2) is 15.0 Å². The molecule has 0 amide bonds. The third-order valence-corrected chi connectivity index (χ3v) is 4.35. The van der Waals surface area contributed by atoms with Crippen molar-refractivity contribution in [2.45, 2.75) is 13.0 Å². The molecule has 0 saturated carbocycles. The van der Waals surface area contributed by atoms with Crippen LogP contribution in [0.5, 0.6) is 0 Å². The van der Waals surface area contributed by atoms with E-state index in [-0.39, 0.29) is 12.0 Å². The molecule has 130 valence electrons. The summed E-state index contributed by atoms with van der Waals surface area (Å²) in [6.45, 7) is 0.604. The van der Waals surface area contributed by atoms with Crippen molar-refractivity contribution in [2.24, 2.45) is 0 Å². The van der Waals surface area contributed by atoms with Crippen LogP contribution >= 0.6 is 7.60 Å². The molecule has 0 aliphatic carbocycles. The number of imidazole rings is 1. The van der Waals surface area contributed by atoms with Crippen molar-refractivity contribution in [1.82, 2.24) is 19.5 Å². The van der Waals surface area contributed by atoms with Gasteiger partial charge in [-0.2, -0.15) is 0 Å². The van der Waals surface area contributed by atoms with E-state index in [1.807, 2.05) is 34.9 Å². The van der Waals surface area contributed by atoms with E-state index in [4.69, 9.17) is 15.5 Å². The van der Waals surface area contributed by atoms with Crippen molar-refractivity contribution in [3.63, 3.8) is 0 Å². The predicted molar refractivity (Wildman–Crippen MR) is 95.8 cm³/mol. The second-order valence-corrected chi connectivity index (χ2v) is 7.23. The second-order valence-electron chi connectivity index (χ2n) is 5.54. The normalized spacial score (nSPS) is 12.2. The first kappa shape index (κ1) is 17.3. The lowest BCUT2D eigenvalue weighted by atomic mass is 10.1. The van der Waals surface area contributed by atoms with Gasteiger partial charge in [0.15, 0.2) is 17.0 Å². The van der Waals surface area contributed by atoms with Gasteiger partial charge < -0.3 is 20.1 Å². The van der Waals surface area contributed by atoms with Crippen LogP contribution in [0.2, 0.25) is 0 Å². The zero-order chi connectivity index (χ0) is 17.9. The van der Waals surface area contributed by atoms with E-state index in [9.17, 15) is 4.57 Å². The maximum Gasteiger partial charge on any atom is 0.329 e. The fraction of sp³-hybridized carbons (Fsp3) is 0.188. The Morgan fingerprint density at radius 3 is 2.68 bits per heavy atom. The van der Waals surface area contributed by atoms with Gasteiger partial charge in [0.2, 0.25) is 0 Å². The SMILES string of the molecule is Nc1ncnc2c1nc(/C=C/CP(=O)(O)O)n2CCc1ccccc1. The van der Waals surface area contributed by atoms with Gasteiger partial charge in [0, 0.05) is 6.54 Å². The number of nitrogens with zero attached hydrogens (tertiary/aromatic N) is 4. The summed E-state index contributed by atoms with van der Waals surface area (Å²) in [5, 5.41) is 0. The fourth-order valence-corrected chi connectivity index (χ4v) is 2.88. The number of hydrogen-bond donors (Lipinski definition) is 3. The summed E-state index contributed by atoms with van der Waals surface area (Å²) in [7, 11) is -4.10. The topological polar surface area (TPSA) is 127 Å². The molecule has 3 rings (SSSR count). The molecule has 2 heterocycles. The number of fused-ring (bicyclic) bond motifs is 1. The van der Waals surface area contributed by atoms with Crippen LogP contribution in [0.3, 0.4) is 0 Å². The van der Waals surface area contributed by atoms with Crippen LogP contribution in [0.15, 0.2) is 42.7 Å². The third-order valence-electron chi connectivity index (χ3n) is 3.67. The van der Waals surface area contributed by atoms with Gasteiger partial charge in [-0.1, -0.05) is 36.4 Å². The Hall–Kier alpha value is -2.54. The third kappa shape index (κ3) is 4.30. The smallest absolute Gasteiger partial charge is 0.329 e. The molecule has 8 nitrogen and oxygen atoms in total. The second kappa shape index (κ2) is 7.14. The van der Waals surface area contributed by atoms with Crippen LogP contribution in [0.1, 0.15) is 11.4 Å². The van der Waals surface area contributed by atoms with E-state index in [2.05, 4.69) is 15.0 Å². The maximum atomic E-state index is 11.0. The largest absolute Gasteiger partial charge is 0.382 e. The predicted octanol–water partition coefficient (Wildman–Crippen LogP) is 1.84. The molecular weight excluding hydrogens is 341 g/mol. The monoisotopic (exact) mass is 359 g/mol. The fourth-order valence-electron chi connectivity index (χ4n) is 2.50. The zero-order valence-electron chi connectivity index (χ0n) is 13.4. The number of anilines is 1. The molecule has 0 unspecified atom stereocenters. The van der Waals surface area contributed by atoms with Crippen molar-refractivity contribution >= 4 is 30.7 Å². The molecule has 25 heavy (non-hydrogen) atoms. The molecule has 1 aromatic carbocycles. The number of rotatable bonds is 6. The van der Waals surface area contributed by atoms with Gasteiger partial charge in [-0.3, -0.25) is 4.57 Å². The summed E-state index contributed by atoms with van der Waals surface area (Å²) >= 11 is 0. The van der Waals surface area contributed by atoms with Crippen LogP contribution in [0, 0.1) is 0 Å². The minimum absolute atomic E-state index is 0.271. The first-order valence-corrected chi connectivity index (χ1v) is 9.45. The summed E-state index contributed by atoms with van der Waals surface area (Å²) < 4.78 is 12.9. The summed E-state index contributed by atoms with van der Waals surface area (Å²) in [6, 6.07) is 9.97. The molecule has 0 atom stereocenters. The lowest BCUT2D eigenvalue weighted by Crippen LogP contribution is -2.05. The average molecular weight is 359 g/mol. The van der Waals surface area contributed by atoms with Crippen LogP contribution in [-0.4, -0.2) is 35.5 Å². The van der Waals surface area contributed by atoms with Gasteiger partial charge in [0.25, 0.3) is 0 Å². The number of nitrogen functional groups attached to an aromatic ring is 1. The number of hydrogen-bond acceptors (Lipinski definition) is 5. The van der Waals surface area contributed by atoms with E-state index in [1.54, 1.807) is 6.08 Å². The van der Waals surface area contributed by atoms with Gasteiger partial charge in [0.1, 0.15) is 12.2 Å². The van der Waals surface area contributed by atoms with Crippen LogP contribution in [0.4, 0.5) is 5.82 Å². The minimum Gasteiger partial charge on any atom is -0.382 e. The van der Waals surface area contributed by atoms with E-state index < -0.39 is 7.60 Å². The maximum absolute atomic E-state index is 11.0. The van der Waals surface area contributed by atoms with Crippen molar-refractivity contribution in [2.75, 3.05) is 11.9 Å². The Morgan fingerprint density at radius 2 is 1.96 bits per heavy atom. The molecule has 0 fully saturated rings. The molecule has 0 spiro atoms. The van der Waals surface area contributed by atoms with Gasteiger partial charge in [-0.15, -0.1) is 0 Å². The Labute approximate surface area is 144 Å².